The van der Waals surface area contributed by atoms with E-state index in [0.29, 0.717) is 6.42 Å². The second-order valence-electron chi connectivity index (χ2n) is 4.77. The molecule has 0 saturated heterocycles. The maximum atomic E-state index is 10.1. The monoisotopic (exact) mass is 318 g/mol. The van der Waals surface area contributed by atoms with Gasteiger partial charge in [0.05, 0.1) is 6.61 Å². The molecule has 0 aromatic carbocycles. The normalized spacial score (nSPS) is 11.3. The van der Waals surface area contributed by atoms with Crippen molar-refractivity contribution in [2.75, 3.05) is 6.61 Å². The maximum Gasteiger partial charge on any atom is 1.00 e. The van der Waals surface area contributed by atoms with Gasteiger partial charge in [0.15, 0.2) is 0 Å². The van der Waals surface area contributed by atoms with Crippen molar-refractivity contribution < 1.29 is 68.5 Å². The molecule has 0 bridgehead atoms. The topological polar surface area (TPSA) is 66.4 Å². The first-order chi connectivity index (χ1) is 8.56. The van der Waals surface area contributed by atoms with Crippen molar-refractivity contribution in [1.82, 2.24) is 0 Å². The maximum absolute atomic E-state index is 10.1. The van der Waals surface area contributed by atoms with Crippen LogP contribution in [0.2, 0.25) is 0 Å². The van der Waals surface area contributed by atoms with Gasteiger partial charge in [-0.3, -0.25) is 4.18 Å². The minimum Gasteiger partial charge on any atom is -0.726 e. The molecule has 6 heteroatoms. The quantitative estimate of drug-likeness (QED) is 0.218. The molecule has 0 aliphatic carbocycles. The molecular weight excluding hydrogens is 291 g/mol. The fourth-order valence-corrected chi connectivity index (χ4v) is 2.25. The Kier molecular flexibility index (Phi) is 19.0. The fourth-order valence-electron chi connectivity index (χ4n) is 1.93. The Hall–Kier alpha value is 1.51. The molecule has 0 amide bonds. The molecule has 0 radical (unpaired) electrons. The number of hydrogen-bond donors (Lipinski definition) is 0. The molecule has 0 atom stereocenters. The Bertz CT molecular complexity index is 268. The zero-order valence-electron chi connectivity index (χ0n) is 12.5. The van der Waals surface area contributed by atoms with Crippen LogP contribution in [0.15, 0.2) is 0 Å². The Balaban J connectivity index is 0. The third kappa shape index (κ3) is 21.9. The molecule has 0 spiro atoms. The average Bonchev–Trinajstić information content (AvgIpc) is 2.29. The molecule has 4 nitrogen and oxygen atoms in total. The summed E-state index contributed by atoms with van der Waals surface area (Å²) in [6.07, 6.45) is 13.1. The van der Waals surface area contributed by atoms with Crippen LogP contribution in [-0.4, -0.2) is 19.6 Å². The van der Waals surface area contributed by atoms with E-state index in [9.17, 15) is 13.0 Å². The third-order valence-corrected chi connectivity index (χ3v) is 3.43. The standard InChI is InChI=1S/C13H28O4S.K/c1-2-3-4-5-6-7-8-9-10-11-12-13-17-18(14,15)16;/h2-13H2,1H3,(H,14,15,16);/q;+1/p-1. The predicted octanol–water partition coefficient (Wildman–Crippen LogP) is 0.778. The van der Waals surface area contributed by atoms with E-state index in [-0.39, 0.29) is 58.0 Å². The summed E-state index contributed by atoms with van der Waals surface area (Å²) < 4.78 is 34.5. The molecule has 0 unspecified atom stereocenters. The van der Waals surface area contributed by atoms with Crippen LogP contribution in [0.5, 0.6) is 0 Å². The van der Waals surface area contributed by atoms with Crippen molar-refractivity contribution in [3.05, 3.63) is 0 Å². The number of hydrogen-bond acceptors (Lipinski definition) is 4. The third-order valence-electron chi connectivity index (χ3n) is 2.98. The minimum atomic E-state index is -4.49. The second-order valence-corrected chi connectivity index (χ2v) is 5.82. The van der Waals surface area contributed by atoms with Crippen molar-refractivity contribution in [1.29, 1.82) is 0 Å². The summed E-state index contributed by atoms with van der Waals surface area (Å²) in [5.41, 5.74) is 0. The van der Waals surface area contributed by atoms with Gasteiger partial charge in [-0.25, -0.2) is 8.42 Å². The second kappa shape index (κ2) is 15.9. The molecule has 0 aliphatic rings. The summed E-state index contributed by atoms with van der Waals surface area (Å²) in [4.78, 5) is 0. The number of unbranched alkanes of at least 4 members (excludes halogenated alkanes) is 10. The van der Waals surface area contributed by atoms with Crippen molar-refractivity contribution in [3.8, 4) is 0 Å². The molecule has 0 aromatic heterocycles. The van der Waals surface area contributed by atoms with Gasteiger partial charge in [0.1, 0.15) is 0 Å². The summed E-state index contributed by atoms with van der Waals surface area (Å²) in [7, 11) is -4.49. The largest absolute Gasteiger partial charge is 1.00 e. The van der Waals surface area contributed by atoms with Gasteiger partial charge in [0, 0.05) is 0 Å². The van der Waals surface area contributed by atoms with Gasteiger partial charge < -0.3 is 4.55 Å². The molecule has 0 aromatic rings. The first-order valence-electron chi connectivity index (χ1n) is 7.16. The molecule has 19 heavy (non-hydrogen) atoms. The summed E-state index contributed by atoms with van der Waals surface area (Å²) in [5.74, 6) is 0. The zero-order valence-corrected chi connectivity index (χ0v) is 16.5. The van der Waals surface area contributed by atoms with Crippen LogP contribution in [0.3, 0.4) is 0 Å². The average molecular weight is 319 g/mol. The molecule has 0 fully saturated rings. The minimum absolute atomic E-state index is 0. The van der Waals surface area contributed by atoms with Gasteiger partial charge in [0.25, 0.3) is 0 Å². The predicted molar refractivity (Wildman–Crippen MR) is 72.1 cm³/mol. The van der Waals surface area contributed by atoms with Crippen molar-refractivity contribution in [2.24, 2.45) is 0 Å². The molecule has 110 valence electrons. The van der Waals surface area contributed by atoms with Crippen LogP contribution >= 0.6 is 0 Å². The van der Waals surface area contributed by atoms with Gasteiger partial charge in [0.2, 0.25) is 10.4 Å². The zero-order chi connectivity index (χ0) is 13.7. The smallest absolute Gasteiger partial charge is 0.726 e. The molecule has 0 saturated carbocycles. The van der Waals surface area contributed by atoms with E-state index in [1.165, 1.54) is 51.4 Å². The van der Waals surface area contributed by atoms with Gasteiger partial charge in [-0.2, -0.15) is 0 Å². The summed E-state index contributed by atoms with van der Waals surface area (Å²) in [5, 5.41) is 0. The van der Waals surface area contributed by atoms with Gasteiger partial charge in [-0.1, -0.05) is 71.1 Å². The molecule has 0 heterocycles. The molecule has 0 aliphatic heterocycles. The van der Waals surface area contributed by atoms with E-state index in [1.54, 1.807) is 0 Å². The van der Waals surface area contributed by atoms with E-state index in [1.807, 2.05) is 0 Å². The van der Waals surface area contributed by atoms with E-state index < -0.39 is 10.4 Å². The SMILES string of the molecule is CCCCCCCCCCCCCOS(=O)(=O)[O-].[K+]. The summed E-state index contributed by atoms with van der Waals surface area (Å²) in [6.45, 7) is 2.25. The molecule has 0 N–H and O–H groups in total. The fraction of sp³-hybridized carbons (Fsp3) is 1.00. The number of rotatable bonds is 13. The van der Waals surface area contributed by atoms with Crippen molar-refractivity contribution in [2.45, 2.75) is 77.6 Å². The summed E-state index contributed by atoms with van der Waals surface area (Å²) >= 11 is 0. The first-order valence-corrected chi connectivity index (χ1v) is 8.50. The van der Waals surface area contributed by atoms with E-state index >= 15 is 0 Å². The van der Waals surface area contributed by atoms with Crippen molar-refractivity contribution in [3.63, 3.8) is 0 Å². The Morgan fingerprint density at radius 1 is 0.789 bits per heavy atom. The summed E-state index contributed by atoms with van der Waals surface area (Å²) in [6, 6.07) is 0. The van der Waals surface area contributed by atoms with Crippen LogP contribution in [0.1, 0.15) is 77.6 Å². The van der Waals surface area contributed by atoms with Crippen LogP contribution in [0, 0.1) is 0 Å². The van der Waals surface area contributed by atoms with Crippen LogP contribution in [0.25, 0.3) is 0 Å². The van der Waals surface area contributed by atoms with Crippen LogP contribution < -0.4 is 51.4 Å². The van der Waals surface area contributed by atoms with Crippen LogP contribution in [0.4, 0.5) is 0 Å². The van der Waals surface area contributed by atoms with Crippen LogP contribution in [-0.2, 0) is 14.6 Å². The first kappa shape index (κ1) is 22.8. The van der Waals surface area contributed by atoms with E-state index in [2.05, 4.69) is 11.1 Å². The Morgan fingerprint density at radius 2 is 1.16 bits per heavy atom. The van der Waals surface area contributed by atoms with E-state index in [4.69, 9.17) is 0 Å². The van der Waals surface area contributed by atoms with Gasteiger partial charge >= 0.3 is 51.4 Å². The van der Waals surface area contributed by atoms with Gasteiger partial charge in [-0.05, 0) is 6.42 Å². The Morgan fingerprint density at radius 3 is 1.53 bits per heavy atom. The van der Waals surface area contributed by atoms with Gasteiger partial charge in [-0.15, -0.1) is 0 Å². The van der Waals surface area contributed by atoms with E-state index in [0.717, 1.165) is 12.8 Å². The molecule has 0 rings (SSSR count). The Labute approximate surface area is 161 Å². The molecular formula is C13H27KO4S. The van der Waals surface area contributed by atoms with Crippen molar-refractivity contribution >= 4 is 10.4 Å².